The average molecular weight is 241 g/mol. The number of fused-ring (bicyclic) bond motifs is 1. The second-order valence-electron chi connectivity index (χ2n) is 4.99. The number of nitrogens with zero attached hydrogens (tertiary/aromatic N) is 1. The van der Waals surface area contributed by atoms with E-state index in [-0.39, 0.29) is 6.04 Å². The van der Waals surface area contributed by atoms with Crippen molar-refractivity contribution in [1.82, 2.24) is 10.3 Å². The number of aromatic amines is 1. The van der Waals surface area contributed by atoms with E-state index >= 15 is 0 Å². The molecule has 94 valence electrons. The highest BCUT2D eigenvalue weighted by Crippen LogP contribution is 2.23. The van der Waals surface area contributed by atoms with Crippen LogP contribution in [0, 0.1) is 17.2 Å². The lowest BCUT2D eigenvalue weighted by atomic mass is 10.1. The quantitative estimate of drug-likeness (QED) is 0.843. The number of nitriles is 1. The van der Waals surface area contributed by atoms with Gasteiger partial charge in [-0.15, -0.1) is 0 Å². The molecule has 3 nitrogen and oxygen atoms in total. The molecule has 0 spiro atoms. The third kappa shape index (κ3) is 2.72. The van der Waals surface area contributed by atoms with Gasteiger partial charge in [0.2, 0.25) is 0 Å². The molecule has 1 aromatic carbocycles. The molecule has 1 unspecified atom stereocenters. The summed E-state index contributed by atoms with van der Waals surface area (Å²) in [5.74, 6) is 0.653. The van der Waals surface area contributed by atoms with Gasteiger partial charge in [-0.1, -0.05) is 32.0 Å². The number of benzene rings is 1. The number of rotatable bonds is 5. The van der Waals surface area contributed by atoms with Gasteiger partial charge in [0, 0.05) is 22.7 Å². The van der Waals surface area contributed by atoms with Crippen LogP contribution in [-0.2, 0) is 0 Å². The largest absolute Gasteiger partial charge is 0.361 e. The van der Waals surface area contributed by atoms with Gasteiger partial charge in [-0.3, -0.25) is 5.32 Å². The molecule has 1 aromatic heterocycles. The Kier molecular flexibility index (Phi) is 4.01. The van der Waals surface area contributed by atoms with Crippen molar-refractivity contribution >= 4 is 10.9 Å². The number of hydrogen-bond acceptors (Lipinski definition) is 2. The molecule has 0 fully saturated rings. The number of H-pyrrole nitrogens is 1. The van der Waals surface area contributed by atoms with E-state index in [1.54, 1.807) is 0 Å². The van der Waals surface area contributed by atoms with Gasteiger partial charge in [0.05, 0.1) is 6.07 Å². The van der Waals surface area contributed by atoms with Gasteiger partial charge in [-0.25, -0.2) is 0 Å². The molecule has 0 aliphatic heterocycles. The SMILES string of the molecule is CC(C)CCNC(C#N)c1c[nH]c2ccccc12. The standard InChI is InChI=1S/C15H19N3/c1-11(2)7-8-17-15(9-16)13-10-18-14-6-4-3-5-12(13)14/h3-6,10-11,15,17-18H,7-8H2,1-2H3. The van der Waals surface area contributed by atoms with Crippen molar-refractivity contribution < 1.29 is 0 Å². The third-order valence-corrected chi connectivity index (χ3v) is 3.13. The van der Waals surface area contributed by atoms with Gasteiger partial charge in [0.1, 0.15) is 6.04 Å². The molecule has 2 N–H and O–H groups in total. The van der Waals surface area contributed by atoms with Crippen LogP contribution in [0.3, 0.4) is 0 Å². The highest BCUT2D eigenvalue weighted by Gasteiger charge is 2.14. The van der Waals surface area contributed by atoms with Crippen LogP contribution in [-0.4, -0.2) is 11.5 Å². The fraction of sp³-hybridized carbons (Fsp3) is 0.400. The van der Waals surface area contributed by atoms with Crippen molar-refractivity contribution in [3.05, 3.63) is 36.0 Å². The van der Waals surface area contributed by atoms with Gasteiger partial charge in [-0.2, -0.15) is 5.26 Å². The monoisotopic (exact) mass is 241 g/mol. The fourth-order valence-electron chi connectivity index (χ4n) is 2.07. The Labute approximate surface area is 108 Å². The van der Waals surface area contributed by atoms with E-state index in [1.165, 1.54) is 0 Å². The third-order valence-electron chi connectivity index (χ3n) is 3.13. The molecule has 0 amide bonds. The van der Waals surface area contributed by atoms with Gasteiger partial charge >= 0.3 is 0 Å². The Morgan fingerprint density at radius 2 is 2.11 bits per heavy atom. The number of para-hydroxylation sites is 1. The molecule has 0 aliphatic carbocycles. The fourth-order valence-corrected chi connectivity index (χ4v) is 2.07. The van der Waals surface area contributed by atoms with E-state index < -0.39 is 0 Å². The molecule has 0 saturated heterocycles. The van der Waals surface area contributed by atoms with Gasteiger partial charge in [0.15, 0.2) is 0 Å². The van der Waals surface area contributed by atoms with Gasteiger partial charge < -0.3 is 4.98 Å². The predicted octanol–water partition coefficient (Wildman–Crippen LogP) is 3.37. The molecule has 0 radical (unpaired) electrons. The minimum absolute atomic E-state index is 0.236. The topological polar surface area (TPSA) is 51.6 Å². The van der Waals surface area contributed by atoms with Crippen LogP contribution in [0.2, 0.25) is 0 Å². The number of hydrogen-bond donors (Lipinski definition) is 2. The zero-order valence-electron chi connectivity index (χ0n) is 10.9. The lowest BCUT2D eigenvalue weighted by Gasteiger charge is -2.12. The molecule has 1 atom stereocenters. The van der Waals surface area contributed by atoms with E-state index in [9.17, 15) is 5.26 Å². The highest BCUT2D eigenvalue weighted by molar-refractivity contribution is 5.83. The van der Waals surface area contributed by atoms with Crippen LogP contribution in [0.25, 0.3) is 10.9 Å². The molecular weight excluding hydrogens is 222 g/mol. The van der Waals surface area contributed by atoms with E-state index in [4.69, 9.17) is 0 Å². The highest BCUT2D eigenvalue weighted by atomic mass is 14.9. The normalized spacial score (nSPS) is 12.8. The minimum Gasteiger partial charge on any atom is -0.361 e. The lowest BCUT2D eigenvalue weighted by molar-refractivity contribution is 0.520. The summed E-state index contributed by atoms with van der Waals surface area (Å²) in [6.07, 6.45) is 3.02. The first-order valence-electron chi connectivity index (χ1n) is 6.41. The Morgan fingerprint density at radius 1 is 1.33 bits per heavy atom. The van der Waals surface area contributed by atoms with Gasteiger partial charge in [0.25, 0.3) is 0 Å². The summed E-state index contributed by atoms with van der Waals surface area (Å²) < 4.78 is 0. The Morgan fingerprint density at radius 3 is 2.83 bits per heavy atom. The summed E-state index contributed by atoms with van der Waals surface area (Å²) >= 11 is 0. The van der Waals surface area contributed by atoms with Crippen LogP contribution >= 0.6 is 0 Å². The molecule has 2 aromatic rings. The average Bonchev–Trinajstić information content (AvgIpc) is 2.78. The molecule has 3 heteroatoms. The first-order chi connectivity index (χ1) is 8.72. The summed E-state index contributed by atoms with van der Waals surface area (Å²) in [5, 5.41) is 13.7. The number of aromatic nitrogens is 1. The molecule has 1 heterocycles. The minimum atomic E-state index is -0.236. The Balaban J connectivity index is 2.15. The van der Waals surface area contributed by atoms with Crippen LogP contribution in [0.4, 0.5) is 0 Å². The first kappa shape index (κ1) is 12.7. The van der Waals surface area contributed by atoms with Crippen LogP contribution in [0.1, 0.15) is 31.9 Å². The van der Waals surface area contributed by atoms with Gasteiger partial charge in [-0.05, 0) is 24.9 Å². The number of nitrogens with one attached hydrogen (secondary N) is 2. The zero-order valence-corrected chi connectivity index (χ0v) is 10.9. The molecule has 18 heavy (non-hydrogen) atoms. The summed E-state index contributed by atoms with van der Waals surface area (Å²) in [5.41, 5.74) is 2.12. The smallest absolute Gasteiger partial charge is 0.123 e. The molecule has 0 bridgehead atoms. The van der Waals surface area contributed by atoms with Crippen molar-refractivity contribution in [2.75, 3.05) is 6.54 Å². The van der Waals surface area contributed by atoms with Crippen LogP contribution in [0.5, 0.6) is 0 Å². The van der Waals surface area contributed by atoms with E-state index in [2.05, 4.69) is 36.3 Å². The van der Waals surface area contributed by atoms with Crippen molar-refractivity contribution in [1.29, 1.82) is 5.26 Å². The summed E-state index contributed by atoms with van der Waals surface area (Å²) in [6, 6.07) is 10.2. The molecule has 0 saturated carbocycles. The molecule has 2 rings (SSSR count). The second kappa shape index (κ2) is 5.70. The maximum absolute atomic E-state index is 9.30. The maximum Gasteiger partial charge on any atom is 0.123 e. The van der Waals surface area contributed by atoms with Crippen molar-refractivity contribution in [2.24, 2.45) is 5.92 Å². The van der Waals surface area contributed by atoms with E-state index in [1.807, 2.05) is 24.4 Å². The Bertz CT molecular complexity index is 548. The predicted molar refractivity (Wildman–Crippen MR) is 74.1 cm³/mol. The summed E-state index contributed by atoms with van der Waals surface area (Å²) in [7, 11) is 0. The van der Waals surface area contributed by atoms with Crippen molar-refractivity contribution in [2.45, 2.75) is 26.3 Å². The van der Waals surface area contributed by atoms with Crippen LogP contribution in [0.15, 0.2) is 30.5 Å². The van der Waals surface area contributed by atoms with Crippen molar-refractivity contribution in [3.63, 3.8) is 0 Å². The second-order valence-corrected chi connectivity index (χ2v) is 4.99. The lowest BCUT2D eigenvalue weighted by Crippen LogP contribution is -2.22. The molecular formula is C15H19N3. The summed E-state index contributed by atoms with van der Waals surface area (Å²) in [4.78, 5) is 3.21. The van der Waals surface area contributed by atoms with Crippen LogP contribution < -0.4 is 5.32 Å². The maximum atomic E-state index is 9.30. The van der Waals surface area contributed by atoms with E-state index in [0.29, 0.717) is 5.92 Å². The molecule has 0 aliphatic rings. The zero-order chi connectivity index (χ0) is 13.0. The Hall–Kier alpha value is -1.79. The summed E-state index contributed by atoms with van der Waals surface area (Å²) in [6.45, 7) is 5.25. The first-order valence-corrected chi connectivity index (χ1v) is 6.41. The van der Waals surface area contributed by atoms with E-state index in [0.717, 1.165) is 29.4 Å². The van der Waals surface area contributed by atoms with Crippen molar-refractivity contribution in [3.8, 4) is 6.07 Å².